The quantitative estimate of drug-likeness (QED) is 0.866. The summed E-state index contributed by atoms with van der Waals surface area (Å²) in [6.07, 6.45) is 2.91. The van der Waals surface area contributed by atoms with Crippen LogP contribution >= 0.6 is 0 Å². The van der Waals surface area contributed by atoms with Crippen LogP contribution in [0, 0.1) is 18.3 Å². The zero-order chi connectivity index (χ0) is 13.0. The van der Waals surface area contributed by atoms with Crippen LogP contribution in [0.25, 0.3) is 0 Å². The molecule has 1 N–H and O–H groups in total. The van der Waals surface area contributed by atoms with Crippen molar-refractivity contribution in [2.75, 3.05) is 5.32 Å². The minimum absolute atomic E-state index is 0.278. The number of nitrogens with zero attached hydrogens (tertiary/aromatic N) is 3. The molecule has 2 aromatic heterocycles. The highest BCUT2D eigenvalue weighted by atomic mass is 16.1. The zero-order valence-corrected chi connectivity index (χ0v) is 9.71. The van der Waals surface area contributed by atoms with Crippen LogP contribution in [0.3, 0.4) is 0 Å². The number of anilines is 1. The first-order valence-electron chi connectivity index (χ1n) is 5.29. The van der Waals surface area contributed by atoms with E-state index in [0.717, 1.165) is 5.69 Å². The molecule has 5 heteroatoms. The Bertz CT molecular complexity index is 596. The van der Waals surface area contributed by atoms with E-state index in [1.807, 2.05) is 13.0 Å². The summed E-state index contributed by atoms with van der Waals surface area (Å²) in [5.41, 5.74) is 1.76. The van der Waals surface area contributed by atoms with Crippen molar-refractivity contribution in [1.82, 2.24) is 9.97 Å². The number of amides is 1. The molecule has 88 valence electrons. The number of carbonyl (C=O) groups excluding carboxylic acids is 1. The third kappa shape index (κ3) is 2.68. The van der Waals surface area contributed by atoms with Gasteiger partial charge in [-0.05, 0) is 31.2 Å². The van der Waals surface area contributed by atoms with Gasteiger partial charge in [-0.1, -0.05) is 0 Å². The van der Waals surface area contributed by atoms with Gasteiger partial charge in [0.05, 0.1) is 11.1 Å². The highest BCUT2D eigenvalue weighted by molar-refractivity contribution is 6.03. The molecule has 0 aliphatic heterocycles. The van der Waals surface area contributed by atoms with Crippen LogP contribution in [0.1, 0.15) is 21.6 Å². The largest absolute Gasteiger partial charge is 0.307 e. The molecule has 5 nitrogen and oxygen atoms in total. The molecule has 0 saturated heterocycles. The molecule has 0 bridgehead atoms. The molecule has 18 heavy (non-hydrogen) atoms. The number of carbonyl (C=O) groups is 1. The molecule has 0 atom stereocenters. The lowest BCUT2D eigenvalue weighted by Crippen LogP contribution is -2.13. The number of hydrogen-bond acceptors (Lipinski definition) is 4. The summed E-state index contributed by atoms with van der Waals surface area (Å²) >= 11 is 0. The molecule has 2 rings (SSSR count). The molecular formula is C13H10N4O. The highest BCUT2D eigenvalue weighted by Crippen LogP contribution is 2.07. The topological polar surface area (TPSA) is 78.7 Å². The van der Waals surface area contributed by atoms with Gasteiger partial charge in [0, 0.05) is 18.1 Å². The number of nitrogens with one attached hydrogen (secondary N) is 1. The molecule has 1 amide bonds. The second-order valence-corrected chi connectivity index (χ2v) is 3.69. The number of rotatable bonds is 2. The van der Waals surface area contributed by atoms with E-state index in [4.69, 9.17) is 5.26 Å². The van der Waals surface area contributed by atoms with Gasteiger partial charge in [-0.2, -0.15) is 5.26 Å². The monoisotopic (exact) mass is 238 g/mol. The van der Waals surface area contributed by atoms with Gasteiger partial charge in [-0.15, -0.1) is 0 Å². The lowest BCUT2D eigenvalue weighted by Gasteiger charge is -2.04. The smallest absolute Gasteiger partial charge is 0.258 e. The summed E-state index contributed by atoms with van der Waals surface area (Å²) in [5, 5.41) is 11.3. The zero-order valence-electron chi connectivity index (χ0n) is 9.71. The Morgan fingerprint density at radius 2 is 2.06 bits per heavy atom. The molecule has 0 saturated carbocycles. The fourth-order valence-corrected chi connectivity index (χ4v) is 1.32. The second kappa shape index (κ2) is 5.06. The Morgan fingerprint density at radius 1 is 1.22 bits per heavy atom. The molecule has 0 radical (unpaired) electrons. The lowest BCUT2D eigenvalue weighted by atomic mass is 10.2. The molecule has 0 unspecified atom stereocenters. The van der Waals surface area contributed by atoms with Gasteiger partial charge in [0.25, 0.3) is 5.91 Å². The summed E-state index contributed by atoms with van der Waals surface area (Å²) in [4.78, 5) is 19.8. The van der Waals surface area contributed by atoms with E-state index in [2.05, 4.69) is 15.3 Å². The van der Waals surface area contributed by atoms with Gasteiger partial charge >= 0.3 is 0 Å². The number of hydrogen-bond donors (Lipinski definition) is 1. The summed E-state index contributed by atoms with van der Waals surface area (Å²) in [5.74, 6) is 0.124. The Balaban J connectivity index is 2.11. The lowest BCUT2D eigenvalue weighted by molar-refractivity contribution is 0.102. The Kier molecular flexibility index (Phi) is 3.30. The van der Waals surface area contributed by atoms with Gasteiger partial charge in [0.2, 0.25) is 0 Å². The molecular weight excluding hydrogens is 228 g/mol. The Morgan fingerprint density at radius 3 is 2.61 bits per heavy atom. The fourth-order valence-electron chi connectivity index (χ4n) is 1.32. The van der Waals surface area contributed by atoms with Crippen LogP contribution in [0.15, 0.2) is 36.7 Å². The third-order valence-electron chi connectivity index (χ3n) is 2.31. The SMILES string of the molecule is Cc1ccc(C(=O)Nc2ccc(C#N)cn2)cn1. The number of aromatic nitrogens is 2. The third-order valence-corrected chi connectivity index (χ3v) is 2.31. The van der Waals surface area contributed by atoms with Crippen LogP contribution in [0.5, 0.6) is 0 Å². The van der Waals surface area contributed by atoms with Crippen molar-refractivity contribution in [2.45, 2.75) is 6.92 Å². The van der Waals surface area contributed by atoms with Crippen molar-refractivity contribution in [2.24, 2.45) is 0 Å². The molecule has 0 aliphatic carbocycles. The first-order valence-corrected chi connectivity index (χ1v) is 5.29. The molecule has 0 fully saturated rings. The van der Waals surface area contributed by atoms with Gasteiger partial charge in [0.15, 0.2) is 0 Å². The average Bonchev–Trinajstić information content (AvgIpc) is 2.40. The number of nitriles is 1. The maximum Gasteiger partial charge on any atom is 0.258 e. The van der Waals surface area contributed by atoms with E-state index in [0.29, 0.717) is 16.9 Å². The van der Waals surface area contributed by atoms with Crippen LogP contribution in [0.4, 0.5) is 5.82 Å². The van der Waals surface area contributed by atoms with Gasteiger partial charge in [-0.3, -0.25) is 9.78 Å². The molecule has 0 spiro atoms. The first-order chi connectivity index (χ1) is 8.69. The van der Waals surface area contributed by atoms with Crippen LogP contribution in [-0.4, -0.2) is 15.9 Å². The summed E-state index contributed by atoms with van der Waals surface area (Å²) < 4.78 is 0. The number of aryl methyl sites for hydroxylation is 1. The maximum atomic E-state index is 11.8. The fraction of sp³-hybridized carbons (Fsp3) is 0.0769. The van der Waals surface area contributed by atoms with Gasteiger partial charge in [0.1, 0.15) is 11.9 Å². The Labute approximate surface area is 104 Å². The maximum absolute atomic E-state index is 11.8. The highest BCUT2D eigenvalue weighted by Gasteiger charge is 2.06. The van der Waals surface area contributed by atoms with Crippen LogP contribution in [0.2, 0.25) is 0 Å². The van der Waals surface area contributed by atoms with Crippen molar-refractivity contribution in [3.8, 4) is 6.07 Å². The predicted octanol–water partition coefficient (Wildman–Crippen LogP) is 1.91. The normalized spacial score (nSPS) is 9.56. The van der Waals surface area contributed by atoms with Crippen molar-refractivity contribution in [1.29, 1.82) is 5.26 Å². The summed E-state index contributed by atoms with van der Waals surface area (Å²) in [6, 6.07) is 8.60. The van der Waals surface area contributed by atoms with E-state index >= 15 is 0 Å². The Hall–Kier alpha value is -2.74. The van der Waals surface area contributed by atoms with Crippen molar-refractivity contribution in [3.63, 3.8) is 0 Å². The van der Waals surface area contributed by atoms with Crippen molar-refractivity contribution >= 4 is 11.7 Å². The van der Waals surface area contributed by atoms with E-state index in [9.17, 15) is 4.79 Å². The van der Waals surface area contributed by atoms with Gasteiger partial charge < -0.3 is 5.32 Å². The van der Waals surface area contributed by atoms with Crippen molar-refractivity contribution in [3.05, 3.63) is 53.5 Å². The molecule has 0 aromatic carbocycles. The average molecular weight is 238 g/mol. The van der Waals surface area contributed by atoms with Crippen molar-refractivity contribution < 1.29 is 4.79 Å². The second-order valence-electron chi connectivity index (χ2n) is 3.69. The molecule has 2 aromatic rings. The summed E-state index contributed by atoms with van der Waals surface area (Å²) in [7, 11) is 0. The predicted molar refractivity (Wildman–Crippen MR) is 65.9 cm³/mol. The van der Waals surface area contributed by atoms with E-state index < -0.39 is 0 Å². The van der Waals surface area contributed by atoms with Crippen LogP contribution < -0.4 is 5.32 Å². The van der Waals surface area contributed by atoms with Gasteiger partial charge in [-0.25, -0.2) is 4.98 Å². The standard InChI is InChI=1S/C13H10N4O/c1-9-2-4-11(8-15-9)13(18)17-12-5-3-10(6-14)7-16-12/h2-5,7-8H,1H3,(H,16,17,18). The van der Waals surface area contributed by atoms with E-state index in [1.54, 1.807) is 24.3 Å². The molecule has 0 aliphatic rings. The minimum Gasteiger partial charge on any atom is -0.307 e. The van der Waals surface area contributed by atoms with E-state index in [-0.39, 0.29) is 5.91 Å². The van der Waals surface area contributed by atoms with E-state index in [1.165, 1.54) is 12.4 Å². The van der Waals surface area contributed by atoms with Crippen LogP contribution in [-0.2, 0) is 0 Å². The summed E-state index contributed by atoms with van der Waals surface area (Å²) in [6.45, 7) is 1.85. The minimum atomic E-state index is -0.278. The number of pyridine rings is 2. The first kappa shape index (κ1) is 11.7. The molecule has 2 heterocycles.